The standard InChI is InChI=1S/C16H16N2O2S/c19-15(17-11-13-7-3-1-4-8-13)21-16(20)18-12-14-9-5-2-6-10-14/h1-10H,11-12H2,(H,17,19)(H,18,20). The molecule has 108 valence electrons. The third-order valence-electron chi connectivity index (χ3n) is 2.74. The molecule has 0 spiro atoms. The van der Waals surface area contributed by atoms with E-state index in [-0.39, 0.29) is 10.5 Å². The second-order valence-corrected chi connectivity index (χ2v) is 5.30. The summed E-state index contributed by atoms with van der Waals surface area (Å²) in [4.78, 5) is 23.3. The van der Waals surface area contributed by atoms with Gasteiger partial charge in [0.05, 0.1) is 0 Å². The molecule has 4 nitrogen and oxygen atoms in total. The van der Waals surface area contributed by atoms with Crippen LogP contribution in [0.25, 0.3) is 0 Å². The van der Waals surface area contributed by atoms with Crippen LogP contribution in [0.4, 0.5) is 9.59 Å². The fourth-order valence-electron chi connectivity index (χ4n) is 1.70. The van der Waals surface area contributed by atoms with Crippen LogP contribution in [-0.2, 0) is 13.1 Å². The first-order chi connectivity index (χ1) is 10.2. The number of nitrogens with one attached hydrogen (secondary N) is 2. The zero-order valence-corrected chi connectivity index (χ0v) is 12.2. The van der Waals surface area contributed by atoms with E-state index in [1.165, 1.54) is 0 Å². The minimum atomic E-state index is -0.357. The largest absolute Gasteiger partial charge is 0.342 e. The third kappa shape index (κ3) is 5.71. The first kappa shape index (κ1) is 15.1. The van der Waals surface area contributed by atoms with Crippen molar-refractivity contribution in [3.63, 3.8) is 0 Å². The van der Waals surface area contributed by atoms with Crippen LogP contribution in [0, 0.1) is 0 Å². The predicted octanol–water partition coefficient (Wildman–Crippen LogP) is 3.54. The summed E-state index contributed by atoms with van der Waals surface area (Å²) >= 11 is 0.638. The Bertz CT molecular complexity index is 534. The van der Waals surface area contributed by atoms with Crippen LogP contribution in [0.15, 0.2) is 60.7 Å². The first-order valence-corrected chi connectivity index (χ1v) is 7.37. The van der Waals surface area contributed by atoms with E-state index in [0.29, 0.717) is 24.9 Å². The second-order valence-electron chi connectivity index (χ2n) is 4.36. The van der Waals surface area contributed by atoms with Gasteiger partial charge in [-0.05, 0) is 11.1 Å². The Morgan fingerprint density at radius 1 is 0.714 bits per heavy atom. The molecule has 0 bridgehead atoms. The van der Waals surface area contributed by atoms with Gasteiger partial charge in [-0.15, -0.1) is 0 Å². The van der Waals surface area contributed by atoms with Crippen molar-refractivity contribution in [3.8, 4) is 0 Å². The molecule has 5 heteroatoms. The Balaban J connectivity index is 1.69. The fraction of sp³-hybridized carbons (Fsp3) is 0.125. The van der Waals surface area contributed by atoms with Crippen molar-refractivity contribution in [2.75, 3.05) is 0 Å². The highest BCUT2D eigenvalue weighted by atomic mass is 32.2. The van der Waals surface area contributed by atoms with Crippen LogP contribution in [0.5, 0.6) is 0 Å². The molecule has 0 saturated heterocycles. The van der Waals surface area contributed by atoms with Crippen molar-refractivity contribution >= 4 is 22.2 Å². The summed E-state index contributed by atoms with van der Waals surface area (Å²) in [5.41, 5.74) is 1.99. The number of hydrogen-bond acceptors (Lipinski definition) is 3. The normalized spacial score (nSPS) is 9.90. The lowest BCUT2D eigenvalue weighted by atomic mass is 10.2. The van der Waals surface area contributed by atoms with Gasteiger partial charge in [-0.1, -0.05) is 60.7 Å². The molecule has 0 radical (unpaired) electrons. The van der Waals surface area contributed by atoms with Crippen LogP contribution in [0.2, 0.25) is 0 Å². The molecule has 0 heterocycles. The summed E-state index contributed by atoms with van der Waals surface area (Å²) < 4.78 is 0. The van der Waals surface area contributed by atoms with E-state index in [4.69, 9.17) is 0 Å². The summed E-state index contributed by atoms with van der Waals surface area (Å²) in [6, 6.07) is 19.1. The van der Waals surface area contributed by atoms with E-state index in [1.54, 1.807) is 0 Å². The summed E-state index contributed by atoms with van der Waals surface area (Å²) in [5.74, 6) is 0. The fourth-order valence-corrected chi connectivity index (χ4v) is 2.15. The van der Waals surface area contributed by atoms with Gasteiger partial charge in [-0.25, -0.2) is 0 Å². The highest BCUT2D eigenvalue weighted by Crippen LogP contribution is 2.06. The summed E-state index contributed by atoms with van der Waals surface area (Å²) in [7, 11) is 0. The number of rotatable bonds is 4. The Morgan fingerprint density at radius 2 is 1.10 bits per heavy atom. The number of carbonyl (C=O) groups excluding carboxylic acids is 2. The van der Waals surface area contributed by atoms with E-state index in [9.17, 15) is 9.59 Å². The van der Waals surface area contributed by atoms with Crippen molar-refractivity contribution in [1.29, 1.82) is 0 Å². The van der Waals surface area contributed by atoms with Crippen LogP contribution >= 0.6 is 11.8 Å². The lowest BCUT2D eigenvalue weighted by Crippen LogP contribution is -2.24. The van der Waals surface area contributed by atoms with Gasteiger partial charge < -0.3 is 10.6 Å². The number of benzene rings is 2. The molecule has 21 heavy (non-hydrogen) atoms. The first-order valence-electron chi connectivity index (χ1n) is 6.55. The van der Waals surface area contributed by atoms with Crippen molar-refractivity contribution in [2.45, 2.75) is 13.1 Å². The molecule has 0 fully saturated rings. The molecule has 0 aliphatic heterocycles. The van der Waals surface area contributed by atoms with Gasteiger partial charge in [-0.3, -0.25) is 9.59 Å². The van der Waals surface area contributed by atoms with Gasteiger partial charge >= 0.3 is 0 Å². The maximum absolute atomic E-state index is 11.6. The quantitative estimate of drug-likeness (QED) is 0.908. The summed E-state index contributed by atoms with van der Waals surface area (Å²) in [6.07, 6.45) is 0. The van der Waals surface area contributed by atoms with Gasteiger partial charge in [0.25, 0.3) is 10.5 Å². The molecule has 0 atom stereocenters. The second kappa shape index (κ2) is 8.11. The molecular formula is C16H16N2O2S. The van der Waals surface area contributed by atoms with Crippen LogP contribution in [0.3, 0.4) is 0 Å². The van der Waals surface area contributed by atoms with Crippen LogP contribution in [0.1, 0.15) is 11.1 Å². The monoisotopic (exact) mass is 300 g/mol. The van der Waals surface area contributed by atoms with E-state index >= 15 is 0 Å². The maximum Gasteiger partial charge on any atom is 0.288 e. The van der Waals surface area contributed by atoms with Crippen molar-refractivity contribution in [3.05, 3.63) is 71.8 Å². The van der Waals surface area contributed by atoms with Crippen molar-refractivity contribution in [1.82, 2.24) is 10.6 Å². The minimum absolute atomic E-state index is 0.357. The molecule has 2 amide bonds. The summed E-state index contributed by atoms with van der Waals surface area (Å²) in [6.45, 7) is 0.831. The number of thioether (sulfide) groups is 1. The molecular weight excluding hydrogens is 284 g/mol. The van der Waals surface area contributed by atoms with Gasteiger partial charge in [-0.2, -0.15) is 0 Å². The maximum atomic E-state index is 11.6. The molecule has 0 saturated carbocycles. The van der Waals surface area contributed by atoms with Crippen LogP contribution < -0.4 is 10.6 Å². The lowest BCUT2D eigenvalue weighted by molar-refractivity contribution is 0.257. The molecule has 2 N–H and O–H groups in total. The molecule has 2 rings (SSSR count). The molecule has 0 aromatic heterocycles. The smallest absolute Gasteiger partial charge is 0.288 e. The van der Waals surface area contributed by atoms with Gasteiger partial charge in [0.1, 0.15) is 0 Å². The van der Waals surface area contributed by atoms with E-state index in [0.717, 1.165) is 11.1 Å². The number of amides is 2. The minimum Gasteiger partial charge on any atom is -0.342 e. The molecule has 0 aliphatic rings. The predicted molar refractivity (Wildman–Crippen MR) is 84.9 cm³/mol. The Labute approximate surface area is 127 Å². The van der Waals surface area contributed by atoms with Gasteiger partial charge in [0.2, 0.25) is 0 Å². The van der Waals surface area contributed by atoms with E-state index < -0.39 is 0 Å². The Morgan fingerprint density at radius 3 is 1.48 bits per heavy atom. The van der Waals surface area contributed by atoms with Crippen molar-refractivity contribution in [2.24, 2.45) is 0 Å². The lowest BCUT2D eigenvalue weighted by Gasteiger charge is -2.06. The molecule has 0 unspecified atom stereocenters. The zero-order chi connectivity index (χ0) is 14.9. The topological polar surface area (TPSA) is 58.2 Å². The Hall–Kier alpha value is -2.27. The van der Waals surface area contributed by atoms with Gasteiger partial charge in [0, 0.05) is 24.9 Å². The number of carbonyl (C=O) groups is 2. The third-order valence-corrected chi connectivity index (χ3v) is 3.40. The molecule has 0 aliphatic carbocycles. The van der Waals surface area contributed by atoms with Crippen LogP contribution in [-0.4, -0.2) is 10.5 Å². The average molecular weight is 300 g/mol. The summed E-state index contributed by atoms with van der Waals surface area (Å²) in [5, 5.41) is 4.67. The Kier molecular flexibility index (Phi) is 5.84. The number of hydrogen-bond donors (Lipinski definition) is 2. The zero-order valence-electron chi connectivity index (χ0n) is 11.4. The average Bonchev–Trinajstić information content (AvgIpc) is 2.53. The SMILES string of the molecule is O=C(NCc1ccccc1)SC(=O)NCc1ccccc1. The highest BCUT2D eigenvalue weighted by molar-refractivity contribution is 8.26. The highest BCUT2D eigenvalue weighted by Gasteiger charge is 2.09. The molecule has 2 aromatic rings. The van der Waals surface area contributed by atoms with Crippen molar-refractivity contribution < 1.29 is 9.59 Å². The molecule has 2 aromatic carbocycles. The van der Waals surface area contributed by atoms with E-state index in [2.05, 4.69) is 10.6 Å². The van der Waals surface area contributed by atoms with Gasteiger partial charge in [0.15, 0.2) is 0 Å². The van der Waals surface area contributed by atoms with E-state index in [1.807, 2.05) is 60.7 Å².